The molecule has 0 aromatic rings. The lowest BCUT2D eigenvalue weighted by molar-refractivity contribution is -0.120. The van der Waals surface area contributed by atoms with Crippen LogP contribution in [0.4, 0.5) is 0 Å². The minimum Gasteiger partial charge on any atom is -0.390 e. The number of methoxy groups -OCH3 is 1. The summed E-state index contributed by atoms with van der Waals surface area (Å²) in [4.78, 5) is 2.29. The van der Waals surface area contributed by atoms with Crippen molar-refractivity contribution in [3.63, 3.8) is 0 Å². The molecule has 4 fully saturated rings. The van der Waals surface area contributed by atoms with Gasteiger partial charge in [-0.2, -0.15) is 0 Å². The number of rotatable bonds is 8. The Labute approximate surface area is 175 Å². The van der Waals surface area contributed by atoms with Gasteiger partial charge in [0.05, 0.1) is 24.5 Å². The number of aliphatic hydroxyl groups excluding tert-OH is 1. The van der Waals surface area contributed by atoms with Gasteiger partial charge in [-0.05, 0) is 63.3 Å². The molecule has 168 valence electrons. The number of β-amino-alcohol motifs (C(OH)–C–C–N with tert-alkyl or cyclic N) is 1. The molecule has 0 bridgehead atoms. The summed E-state index contributed by atoms with van der Waals surface area (Å²) < 4.78 is 17.9. The Morgan fingerprint density at radius 1 is 1.10 bits per heavy atom. The fourth-order valence-corrected chi connectivity index (χ4v) is 6.16. The highest BCUT2D eigenvalue weighted by molar-refractivity contribution is 5.00. The van der Waals surface area contributed by atoms with Gasteiger partial charge in [-0.3, -0.25) is 10.2 Å². The van der Waals surface area contributed by atoms with Gasteiger partial charge in [0.1, 0.15) is 0 Å². The first-order valence-corrected chi connectivity index (χ1v) is 11.7. The second kappa shape index (κ2) is 10.4. The molecule has 0 amide bonds. The molecule has 3 saturated heterocycles. The Hall–Kier alpha value is -0.280. The largest absolute Gasteiger partial charge is 0.390 e. The Morgan fingerprint density at radius 3 is 2.59 bits per heavy atom. The van der Waals surface area contributed by atoms with Crippen LogP contribution in [0.2, 0.25) is 0 Å². The van der Waals surface area contributed by atoms with Crippen LogP contribution in [0.15, 0.2) is 0 Å². The molecule has 7 heteroatoms. The Morgan fingerprint density at radius 2 is 1.90 bits per heavy atom. The molecule has 4 rings (SSSR count). The Balaban J connectivity index is 1.32. The van der Waals surface area contributed by atoms with Crippen LogP contribution in [0, 0.1) is 17.8 Å². The van der Waals surface area contributed by atoms with Crippen molar-refractivity contribution in [2.45, 2.75) is 69.0 Å². The van der Waals surface area contributed by atoms with Gasteiger partial charge in [0.15, 0.2) is 0 Å². The first kappa shape index (κ1) is 21.9. The van der Waals surface area contributed by atoms with Crippen LogP contribution >= 0.6 is 0 Å². The topological polar surface area (TPSA) is 75.2 Å². The summed E-state index contributed by atoms with van der Waals surface area (Å²) in [6, 6.07) is 0.496. The second-order valence-electron chi connectivity index (χ2n) is 9.55. The molecule has 0 aromatic heterocycles. The zero-order valence-electron chi connectivity index (χ0n) is 18.2. The molecule has 3 aliphatic heterocycles. The molecule has 0 aromatic carbocycles. The number of nitrogens with one attached hydrogen (secondary N) is 2. The quantitative estimate of drug-likeness (QED) is 0.511. The van der Waals surface area contributed by atoms with Crippen molar-refractivity contribution < 1.29 is 19.3 Å². The standard InChI is InChI=1S/C22H41N3O4/c1-23-22-11-17(15-4-8-28-9-5-15)18-10-20(27-2)21(12-19(18)24-22)29-7-3-6-25-13-16(26)14-25/h15-24,26H,3-14H2,1-2H3. The highest BCUT2D eigenvalue weighted by atomic mass is 16.5. The predicted molar refractivity (Wildman–Crippen MR) is 112 cm³/mol. The molecule has 1 aliphatic carbocycles. The summed E-state index contributed by atoms with van der Waals surface area (Å²) >= 11 is 0. The number of likely N-dealkylation sites (tertiary alicyclic amines) is 1. The highest BCUT2D eigenvalue weighted by Crippen LogP contribution is 2.44. The van der Waals surface area contributed by atoms with E-state index in [1.54, 1.807) is 0 Å². The predicted octanol–water partition coefficient (Wildman–Crippen LogP) is 0.813. The molecule has 3 N–H and O–H groups in total. The van der Waals surface area contributed by atoms with E-state index in [1.165, 1.54) is 19.3 Å². The summed E-state index contributed by atoms with van der Waals surface area (Å²) in [5, 5.41) is 16.8. The molecular weight excluding hydrogens is 370 g/mol. The maximum absolute atomic E-state index is 9.40. The number of aliphatic hydroxyl groups is 1. The molecule has 3 heterocycles. The lowest BCUT2D eigenvalue weighted by Crippen LogP contribution is -2.62. The third-order valence-corrected chi connectivity index (χ3v) is 7.81. The first-order chi connectivity index (χ1) is 14.2. The molecule has 4 aliphatic rings. The van der Waals surface area contributed by atoms with E-state index in [1.807, 2.05) is 7.11 Å². The minimum absolute atomic E-state index is 0.120. The van der Waals surface area contributed by atoms with Gasteiger partial charge in [-0.15, -0.1) is 0 Å². The number of nitrogens with zero attached hydrogens (tertiary/aromatic N) is 1. The molecule has 1 saturated carbocycles. The van der Waals surface area contributed by atoms with Crippen LogP contribution in [0.1, 0.15) is 38.5 Å². The molecule has 29 heavy (non-hydrogen) atoms. The van der Waals surface area contributed by atoms with Crippen molar-refractivity contribution >= 4 is 0 Å². The maximum atomic E-state index is 9.40. The Bertz CT molecular complexity index is 498. The van der Waals surface area contributed by atoms with Crippen molar-refractivity contribution in [1.82, 2.24) is 15.5 Å². The summed E-state index contributed by atoms with van der Waals surface area (Å²) in [5.74, 6) is 2.17. The normalized spacial score (nSPS) is 39.8. The zero-order valence-corrected chi connectivity index (χ0v) is 18.2. The monoisotopic (exact) mass is 411 g/mol. The van der Waals surface area contributed by atoms with Crippen molar-refractivity contribution in [3.05, 3.63) is 0 Å². The lowest BCUT2D eigenvalue weighted by Gasteiger charge is -2.52. The van der Waals surface area contributed by atoms with E-state index in [-0.39, 0.29) is 18.3 Å². The maximum Gasteiger partial charge on any atom is 0.0851 e. The smallest absolute Gasteiger partial charge is 0.0851 e. The van der Waals surface area contributed by atoms with Crippen molar-refractivity contribution in [2.24, 2.45) is 17.8 Å². The van der Waals surface area contributed by atoms with Crippen molar-refractivity contribution in [1.29, 1.82) is 0 Å². The number of fused-ring (bicyclic) bond motifs is 1. The van der Waals surface area contributed by atoms with Crippen LogP contribution in [0.25, 0.3) is 0 Å². The third kappa shape index (κ3) is 5.32. The van der Waals surface area contributed by atoms with Crippen LogP contribution in [-0.2, 0) is 14.2 Å². The van der Waals surface area contributed by atoms with E-state index in [0.717, 1.165) is 70.6 Å². The van der Waals surface area contributed by atoms with Crippen LogP contribution in [-0.4, -0.2) is 94.1 Å². The van der Waals surface area contributed by atoms with Crippen LogP contribution in [0.3, 0.4) is 0 Å². The summed E-state index contributed by atoms with van der Waals surface area (Å²) in [7, 11) is 3.92. The highest BCUT2D eigenvalue weighted by Gasteiger charge is 2.47. The summed E-state index contributed by atoms with van der Waals surface area (Å²) in [6.45, 7) is 5.26. The fourth-order valence-electron chi connectivity index (χ4n) is 6.16. The average molecular weight is 412 g/mol. The number of ether oxygens (including phenoxy) is 3. The fraction of sp³-hybridized carbons (Fsp3) is 1.00. The van der Waals surface area contributed by atoms with Crippen molar-refractivity contribution in [2.75, 3.05) is 53.6 Å². The van der Waals surface area contributed by atoms with Crippen LogP contribution in [0.5, 0.6) is 0 Å². The van der Waals surface area contributed by atoms with Crippen LogP contribution < -0.4 is 10.6 Å². The van der Waals surface area contributed by atoms with E-state index in [2.05, 4.69) is 22.6 Å². The molecule has 7 nitrogen and oxygen atoms in total. The van der Waals surface area contributed by atoms with E-state index in [9.17, 15) is 5.11 Å². The number of piperidine rings is 1. The van der Waals surface area contributed by atoms with Crippen molar-refractivity contribution in [3.8, 4) is 0 Å². The first-order valence-electron chi connectivity index (χ1n) is 11.7. The minimum atomic E-state index is -0.120. The van der Waals surface area contributed by atoms with E-state index in [4.69, 9.17) is 14.2 Å². The number of hydrogen-bond donors (Lipinski definition) is 3. The Kier molecular flexibility index (Phi) is 7.83. The summed E-state index contributed by atoms with van der Waals surface area (Å²) in [5.41, 5.74) is 0. The van der Waals surface area contributed by atoms with Gasteiger partial charge in [0.25, 0.3) is 0 Å². The molecule has 0 radical (unpaired) electrons. The second-order valence-corrected chi connectivity index (χ2v) is 9.55. The van der Waals surface area contributed by atoms with E-state index >= 15 is 0 Å². The molecule has 0 spiro atoms. The average Bonchev–Trinajstić information content (AvgIpc) is 2.74. The number of hydrogen-bond acceptors (Lipinski definition) is 7. The van der Waals surface area contributed by atoms with Gasteiger partial charge >= 0.3 is 0 Å². The molecule has 6 unspecified atom stereocenters. The van der Waals surface area contributed by atoms with Gasteiger partial charge < -0.3 is 24.6 Å². The lowest BCUT2D eigenvalue weighted by atomic mass is 9.64. The van der Waals surface area contributed by atoms with Gasteiger partial charge in [0.2, 0.25) is 0 Å². The van der Waals surface area contributed by atoms with Gasteiger partial charge in [-0.1, -0.05) is 0 Å². The summed E-state index contributed by atoms with van der Waals surface area (Å²) in [6.07, 6.45) is 7.38. The van der Waals surface area contributed by atoms with E-state index < -0.39 is 0 Å². The SMILES string of the molecule is CNC1CC(C2CCOCC2)C2CC(OC)C(OCCCN3CC(O)C3)CC2N1. The van der Waals surface area contributed by atoms with Gasteiger partial charge in [0, 0.05) is 52.6 Å². The molecule has 6 atom stereocenters. The third-order valence-electron chi connectivity index (χ3n) is 7.81. The van der Waals surface area contributed by atoms with Gasteiger partial charge in [-0.25, -0.2) is 0 Å². The van der Waals surface area contributed by atoms with E-state index in [0.29, 0.717) is 18.1 Å². The zero-order chi connectivity index (χ0) is 20.2. The molecular formula is C22H41N3O4.